The topological polar surface area (TPSA) is 46.5 Å². The van der Waals surface area contributed by atoms with E-state index in [1.54, 1.807) is 0 Å². The summed E-state index contributed by atoms with van der Waals surface area (Å²) in [6.07, 6.45) is 2.68. The van der Waals surface area contributed by atoms with Crippen LogP contribution in [0.25, 0.3) is 0 Å². The molecule has 0 aromatic heterocycles. The van der Waals surface area contributed by atoms with Crippen LogP contribution in [0.3, 0.4) is 0 Å². The zero-order chi connectivity index (χ0) is 9.19. The van der Waals surface area contributed by atoms with E-state index < -0.39 is 0 Å². The van der Waals surface area contributed by atoms with E-state index in [0.29, 0.717) is 12.8 Å². The maximum absolute atomic E-state index is 11.3. The van der Waals surface area contributed by atoms with Crippen LogP contribution in [-0.2, 0) is 9.53 Å². The summed E-state index contributed by atoms with van der Waals surface area (Å²) >= 11 is 0. The Bertz CT molecular complexity index is 169. The number of carbonyl (C=O) groups excluding carboxylic acids is 1. The Kier molecular flexibility index (Phi) is 2.73. The minimum Gasteiger partial charge on any atom is -0.469 e. The molecule has 1 saturated carbocycles. The zero-order valence-corrected chi connectivity index (χ0v) is 7.67. The third kappa shape index (κ3) is 1.78. The number of aliphatic hydroxyl groups excluding tert-OH is 1. The molecule has 0 amide bonds. The van der Waals surface area contributed by atoms with Gasteiger partial charge < -0.3 is 9.84 Å². The Morgan fingerprint density at radius 1 is 1.50 bits per heavy atom. The molecule has 0 atom stereocenters. The number of hydrogen-bond acceptors (Lipinski definition) is 3. The van der Waals surface area contributed by atoms with Gasteiger partial charge in [0.1, 0.15) is 0 Å². The Morgan fingerprint density at radius 2 is 2.00 bits per heavy atom. The lowest BCUT2D eigenvalue weighted by Gasteiger charge is -2.32. The highest BCUT2D eigenvalue weighted by Gasteiger charge is 2.37. The molecule has 3 heteroatoms. The number of hydrogen-bond donors (Lipinski definition) is 1. The number of aliphatic hydroxyl groups is 1. The van der Waals surface area contributed by atoms with Gasteiger partial charge in [0.25, 0.3) is 0 Å². The summed E-state index contributed by atoms with van der Waals surface area (Å²) in [5.41, 5.74) is -0.353. The largest absolute Gasteiger partial charge is 0.469 e. The Balaban J connectivity index is 2.55. The first-order valence-corrected chi connectivity index (χ1v) is 4.35. The van der Waals surface area contributed by atoms with Gasteiger partial charge in [0.05, 0.1) is 18.6 Å². The van der Waals surface area contributed by atoms with Crippen LogP contribution in [0.15, 0.2) is 0 Å². The van der Waals surface area contributed by atoms with Crippen molar-refractivity contribution in [2.45, 2.75) is 38.7 Å². The van der Waals surface area contributed by atoms with Crippen LogP contribution in [0.4, 0.5) is 0 Å². The molecule has 1 N–H and O–H groups in total. The summed E-state index contributed by atoms with van der Waals surface area (Å²) in [5.74, 6) is -0.144. The van der Waals surface area contributed by atoms with Gasteiger partial charge in [-0.1, -0.05) is 0 Å². The second kappa shape index (κ2) is 3.44. The molecule has 0 spiro atoms. The van der Waals surface area contributed by atoms with Crippen molar-refractivity contribution in [1.82, 2.24) is 0 Å². The highest BCUT2D eigenvalue weighted by Crippen LogP contribution is 2.36. The van der Waals surface area contributed by atoms with Crippen LogP contribution in [0, 0.1) is 5.41 Å². The van der Waals surface area contributed by atoms with Gasteiger partial charge in [0.15, 0.2) is 0 Å². The molecule has 0 unspecified atom stereocenters. The molecule has 70 valence electrons. The van der Waals surface area contributed by atoms with Crippen LogP contribution in [0.2, 0.25) is 0 Å². The first-order chi connectivity index (χ1) is 5.58. The number of rotatable bonds is 1. The van der Waals surface area contributed by atoms with Gasteiger partial charge in [-0.05, 0) is 32.6 Å². The van der Waals surface area contributed by atoms with E-state index in [4.69, 9.17) is 4.74 Å². The molecular weight excluding hydrogens is 156 g/mol. The lowest BCUT2D eigenvalue weighted by molar-refractivity contribution is -0.154. The molecule has 0 aromatic rings. The van der Waals surface area contributed by atoms with Crippen molar-refractivity contribution >= 4 is 5.97 Å². The van der Waals surface area contributed by atoms with Crippen molar-refractivity contribution in [3.63, 3.8) is 0 Å². The third-order valence-corrected chi connectivity index (χ3v) is 2.74. The molecule has 1 aliphatic carbocycles. The number of esters is 1. The Hall–Kier alpha value is -0.570. The van der Waals surface area contributed by atoms with Crippen LogP contribution in [-0.4, -0.2) is 24.3 Å². The molecule has 3 nitrogen and oxygen atoms in total. The third-order valence-electron chi connectivity index (χ3n) is 2.74. The molecule has 0 bridgehead atoms. The fourth-order valence-electron chi connectivity index (χ4n) is 1.69. The van der Waals surface area contributed by atoms with Gasteiger partial charge in [-0.3, -0.25) is 4.79 Å². The summed E-state index contributed by atoms with van der Waals surface area (Å²) in [6, 6.07) is 0. The molecule has 0 aliphatic heterocycles. The van der Waals surface area contributed by atoms with Crippen LogP contribution >= 0.6 is 0 Å². The molecule has 0 saturated heterocycles. The monoisotopic (exact) mass is 172 g/mol. The first kappa shape index (κ1) is 9.52. The predicted molar refractivity (Wildman–Crippen MR) is 44.6 cm³/mol. The smallest absolute Gasteiger partial charge is 0.311 e. The lowest BCUT2D eigenvalue weighted by Crippen LogP contribution is -2.35. The number of methoxy groups -OCH3 is 1. The highest BCUT2D eigenvalue weighted by molar-refractivity contribution is 5.76. The maximum atomic E-state index is 11.3. The van der Waals surface area contributed by atoms with E-state index in [1.165, 1.54) is 7.11 Å². The van der Waals surface area contributed by atoms with E-state index >= 15 is 0 Å². The molecule has 0 heterocycles. The van der Waals surface area contributed by atoms with Crippen LogP contribution in [0.5, 0.6) is 0 Å². The molecule has 0 radical (unpaired) electrons. The fraction of sp³-hybridized carbons (Fsp3) is 0.889. The molecular formula is C9H16O3. The SMILES string of the molecule is COC(=O)[C@]1(C)CC[C@@H](O)CC1. The van der Waals surface area contributed by atoms with Crippen molar-refractivity contribution in [3.8, 4) is 0 Å². The number of ether oxygens (including phenoxy) is 1. The summed E-state index contributed by atoms with van der Waals surface area (Å²) in [7, 11) is 1.42. The summed E-state index contributed by atoms with van der Waals surface area (Å²) in [6.45, 7) is 1.91. The van der Waals surface area contributed by atoms with Crippen molar-refractivity contribution in [3.05, 3.63) is 0 Å². The highest BCUT2D eigenvalue weighted by atomic mass is 16.5. The standard InChI is InChI=1S/C9H16O3/c1-9(8(11)12-2)5-3-7(10)4-6-9/h7,10H,3-6H2,1-2H3/t7-,9-. The van der Waals surface area contributed by atoms with Gasteiger partial charge in [0, 0.05) is 0 Å². The van der Waals surface area contributed by atoms with Gasteiger partial charge in [0.2, 0.25) is 0 Å². The van der Waals surface area contributed by atoms with E-state index in [2.05, 4.69) is 0 Å². The van der Waals surface area contributed by atoms with E-state index in [0.717, 1.165) is 12.8 Å². The fourth-order valence-corrected chi connectivity index (χ4v) is 1.69. The van der Waals surface area contributed by atoms with Gasteiger partial charge in [-0.2, -0.15) is 0 Å². The van der Waals surface area contributed by atoms with Crippen LogP contribution in [0.1, 0.15) is 32.6 Å². The number of carbonyl (C=O) groups is 1. The van der Waals surface area contributed by atoms with E-state index in [9.17, 15) is 9.90 Å². The Labute approximate surface area is 72.7 Å². The molecule has 1 fully saturated rings. The predicted octanol–water partition coefficient (Wildman–Crippen LogP) is 1.10. The van der Waals surface area contributed by atoms with Crippen molar-refractivity contribution < 1.29 is 14.6 Å². The van der Waals surface area contributed by atoms with Gasteiger partial charge >= 0.3 is 5.97 Å². The van der Waals surface area contributed by atoms with Gasteiger partial charge in [-0.15, -0.1) is 0 Å². The van der Waals surface area contributed by atoms with Crippen LogP contribution < -0.4 is 0 Å². The Morgan fingerprint density at radius 3 is 2.42 bits per heavy atom. The zero-order valence-electron chi connectivity index (χ0n) is 7.67. The second-order valence-corrected chi connectivity index (χ2v) is 3.78. The van der Waals surface area contributed by atoms with Crippen molar-refractivity contribution in [2.75, 3.05) is 7.11 Å². The molecule has 1 rings (SSSR count). The second-order valence-electron chi connectivity index (χ2n) is 3.78. The summed E-state index contributed by atoms with van der Waals surface area (Å²) < 4.78 is 4.71. The molecule has 0 aromatic carbocycles. The van der Waals surface area contributed by atoms with Gasteiger partial charge in [-0.25, -0.2) is 0 Å². The molecule has 12 heavy (non-hydrogen) atoms. The maximum Gasteiger partial charge on any atom is 0.311 e. The summed E-state index contributed by atoms with van der Waals surface area (Å²) in [4.78, 5) is 11.3. The van der Waals surface area contributed by atoms with Crippen molar-refractivity contribution in [2.24, 2.45) is 5.41 Å². The lowest BCUT2D eigenvalue weighted by atomic mass is 9.75. The quantitative estimate of drug-likeness (QED) is 0.602. The normalized spacial score (nSPS) is 36.1. The van der Waals surface area contributed by atoms with Crippen molar-refractivity contribution in [1.29, 1.82) is 0 Å². The van der Waals surface area contributed by atoms with E-state index in [1.807, 2.05) is 6.92 Å². The average molecular weight is 172 g/mol. The summed E-state index contributed by atoms with van der Waals surface area (Å²) in [5, 5.41) is 9.24. The first-order valence-electron chi connectivity index (χ1n) is 4.35. The minimum atomic E-state index is -0.353. The van der Waals surface area contributed by atoms with E-state index in [-0.39, 0.29) is 17.5 Å². The average Bonchev–Trinajstić information content (AvgIpc) is 2.09. The minimum absolute atomic E-state index is 0.144. The molecule has 1 aliphatic rings.